The average molecular weight is 364 g/mol. The molecule has 1 N–H and O–H groups in total. The zero-order valence-corrected chi connectivity index (χ0v) is 15.2. The van der Waals surface area contributed by atoms with E-state index in [0.29, 0.717) is 18.0 Å². The van der Waals surface area contributed by atoms with Crippen LogP contribution >= 0.6 is 0 Å². The van der Waals surface area contributed by atoms with E-state index in [9.17, 15) is 9.59 Å². The third kappa shape index (κ3) is 4.41. The van der Waals surface area contributed by atoms with Gasteiger partial charge in [-0.2, -0.15) is 0 Å². The van der Waals surface area contributed by atoms with Gasteiger partial charge in [-0.3, -0.25) is 4.79 Å². The van der Waals surface area contributed by atoms with Gasteiger partial charge in [-0.1, -0.05) is 59.8 Å². The maximum atomic E-state index is 12.5. The van der Waals surface area contributed by atoms with Gasteiger partial charge in [-0.25, -0.2) is 4.79 Å². The number of ether oxygens (including phenoxy) is 1. The molecule has 0 bridgehead atoms. The summed E-state index contributed by atoms with van der Waals surface area (Å²) >= 11 is 0. The Hall–Kier alpha value is -3.41. The Morgan fingerprint density at radius 1 is 1.04 bits per heavy atom. The quantitative estimate of drug-likeness (QED) is 0.678. The van der Waals surface area contributed by atoms with E-state index >= 15 is 0 Å². The molecule has 1 amide bonds. The van der Waals surface area contributed by atoms with Crippen LogP contribution in [0, 0.1) is 13.8 Å². The number of carbonyl (C=O) groups excluding carboxylic acids is 2. The summed E-state index contributed by atoms with van der Waals surface area (Å²) in [4.78, 5) is 24.5. The third-order valence-electron chi connectivity index (χ3n) is 4.19. The number of aryl methyl sites for hydroxylation is 2. The molecule has 1 aromatic heterocycles. The van der Waals surface area contributed by atoms with Crippen LogP contribution in [0.1, 0.15) is 27.2 Å². The largest absolute Gasteiger partial charge is 0.452 e. The summed E-state index contributed by atoms with van der Waals surface area (Å²) in [5.74, 6) is -0.667. The van der Waals surface area contributed by atoms with Crippen LogP contribution in [0.2, 0.25) is 0 Å². The number of amides is 1. The second-order valence-electron chi connectivity index (χ2n) is 6.11. The van der Waals surface area contributed by atoms with E-state index in [0.717, 1.165) is 16.7 Å². The van der Waals surface area contributed by atoms with Crippen LogP contribution in [-0.2, 0) is 16.1 Å². The van der Waals surface area contributed by atoms with Crippen LogP contribution in [0.4, 0.5) is 0 Å². The van der Waals surface area contributed by atoms with Crippen LogP contribution in [-0.4, -0.2) is 23.6 Å². The molecule has 0 spiro atoms. The zero-order valence-electron chi connectivity index (χ0n) is 15.2. The Kier molecular flexibility index (Phi) is 5.66. The van der Waals surface area contributed by atoms with Crippen molar-refractivity contribution in [2.24, 2.45) is 0 Å². The van der Waals surface area contributed by atoms with Gasteiger partial charge >= 0.3 is 5.97 Å². The van der Waals surface area contributed by atoms with Crippen LogP contribution in [0.5, 0.6) is 0 Å². The normalized spacial score (nSPS) is 10.4. The lowest BCUT2D eigenvalue weighted by Crippen LogP contribution is -2.28. The first-order valence-electron chi connectivity index (χ1n) is 8.56. The molecule has 0 radical (unpaired) electrons. The monoisotopic (exact) mass is 364 g/mol. The van der Waals surface area contributed by atoms with E-state index < -0.39 is 5.97 Å². The van der Waals surface area contributed by atoms with Gasteiger partial charge in [0.15, 0.2) is 6.61 Å². The maximum absolute atomic E-state index is 12.5. The van der Waals surface area contributed by atoms with Crippen molar-refractivity contribution in [2.75, 3.05) is 6.61 Å². The Morgan fingerprint density at radius 2 is 1.74 bits per heavy atom. The second-order valence-corrected chi connectivity index (χ2v) is 6.11. The fourth-order valence-electron chi connectivity index (χ4n) is 2.66. The van der Waals surface area contributed by atoms with E-state index in [1.807, 2.05) is 61.5 Å². The van der Waals surface area contributed by atoms with Gasteiger partial charge in [0.1, 0.15) is 17.0 Å². The summed E-state index contributed by atoms with van der Waals surface area (Å²) in [6.45, 7) is 3.61. The number of nitrogens with one attached hydrogen (secondary N) is 1. The number of carbonyl (C=O) groups is 2. The topological polar surface area (TPSA) is 81.4 Å². The molecule has 0 atom stereocenters. The number of esters is 1. The molecule has 0 aliphatic heterocycles. The highest BCUT2D eigenvalue weighted by atomic mass is 16.5. The third-order valence-corrected chi connectivity index (χ3v) is 4.19. The predicted octanol–water partition coefficient (Wildman–Crippen LogP) is 3.43. The molecular formula is C21H20N2O4. The standard InChI is InChI=1S/C21H20N2O4/c1-14-8-6-7-11-17(14)12-22-18(24)13-26-21(25)19-15(2)27-23-20(19)16-9-4-3-5-10-16/h3-11H,12-13H2,1-2H3,(H,22,24). The summed E-state index contributed by atoms with van der Waals surface area (Å²) in [6.07, 6.45) is 0. The predicted molar refractivity (Wildman–Crippen MR) is 100.0 cm³/mol. The molecule has 0 saturated carbocycles. The van der Waals surface area contributed by atoms with Crippen molar-refractivity contribution in [3.63, 3.8) is 0 Å². The lowest BCUT2D eigenvalue weighted by Gasteiger charge is -2.08. The van der Waals surface area contributed by atoms with E-state index in [1.165, 1.54) is 0 Å². The van der Waals surface area contributed by atoms with Gasteiger partial charge in [0.2, 0.25) is 0 Å². The second kappa shape index (κ2) is 8.31. The van der Waals surface area contributed by atoms with Crippen molar-refractivity contribution < 1.29 is 18.8 Å². The lowest BCUT2D eigenvalue weighted by molar-refractivity contribution is -0.124. The van der Waals surface area contributed by atoms with Crippen molar-refractivity contribution in [1.29, 1.82) is 0 Å². The van der Waals surface area contributed by atoms with Crippen molar-refractivity contribution in [3.8, 4) is 11.3 Å². The molecule has 138 valence electrons. The summed E-state index contributed by atoms with van der Waals surface area (Å²) in [5.41, 5.74) is 3.47. The van der Waals surface area contributed by atoms with Crippen LogP contribution in [0.25, 0.3) is 11.3 Å². The van der Waals surface area contributed by atoms with Gasteiger partial charge < -0.3 is 14.6 Å². The SMILES string of the molecule is Cc1ccccc1CNC(=O)COC(=O)c1c(-c2ccccc2)noc1C. The smallest absolute Gasteiger partial charge is 0.344 e. The number of aromatic nitrogens is 1. The number of hydrogen-bond acceptors (Lipinski definition) is 5. The molecule has 6 heteroatoms. The molecule has 0 aliphatic carbocycles. The number of hydrogen-bond donors (Lipinski definition) is 1. The molecule has 0 aliphatic rings. The summed E-state index contributed by atoms with van der Waals surface area (Å²) in [7, 11) is 0. The minimum absolute atomic E-state index is 0.230. The van der Waals surface area contributed by atoms with Crippen molar-refractivity contribution in [2.45, 2.75) is 20.4 Å². The number of benzene rings is 2. The van der Waals surface area contributed by atoms with Crippen LogP contribution < -0.4 is 5.32 Å². The molecule has 2 aromatic carbocycles. The summed E-state index contributed by atoms with van der Waals surface area (Å²) < 4.78 is 10.3. The lowest BCUT2D eigenvalue weighted by atomic mass is 10.1. The van der Waals surface area contributed by atoms with Gasteiger partial charge in [0, 0.05) is 12.1 Å². The molecular weight excluding hydrogens is 344 g/mol. The first-order valence-corrected chi connectivity index (χ1v) is 8.56. The van der Waals surface area contributed by atoms with Gasteiger partial charge in [-0.15, -0.1) is 0 Å². The first kappa shape index (κ1) is 18.4. The van der Waals surface area contributed by atoms with E-state index in [-0.39, 0.29) is 18.1 Å². The summed E-state index contributed by atoms with van der Waals surface area (Å²) in [5, 5.41) is 6.69. The molecule has 0 saturated heterocycles. The van der Waals surface area contributed by atoms with Crippen LogP contribution in [0.3, 0.4) is 0 Å². The van der Waals surface area contributed by atoms with Crippen molar-refractivity contribution >= 4 is 11.9 Å². The number of nitrogens with zero attached hydrogens (tertiary/aromatic N) is 1. The van der Waals surface area contributed by atoms with Crippen molar-refractivity contribution in [1.82, 2.24) is 10.5 Å². The van der Waals surface area contributed by atoms with Gasteiger partial charge in [0.05, 0.1) is 0 Å². The van der Waals surface area contributed by atoms with Crippen molar-refractivity contribution in [3.05, 3.63) is 77.0 Å². The minimum Gasteiger partial charge on any atom is -0.452 e. The first-order chi connectivity index (χ1) is 13.1. The highest BCUT2D eigenvalue weighted by Gasteiger charge is 2.23. The van der Waals surface area contributed by atoms with E-state index in [2.05, 4.69) is 10.5 Å². The van der Waals surface area contributed by atoms with Gasteiger partial charge in [-0.05, 0) is 25.0 Å². The zero-order chi connectivity index (χ0) is 19.2. The average Bonchev–Trinajstić information content (AvgIpc) is 3.07. The molecule has 1 heterocycles. The Balaban J connectivity index is 1.61. The molecule has 3 aromatic rings. The Bertz CT molecular complexity index is 948. The van der Waals surface area contributed by atoms with E-state index in [4.69, 9.17) is 9.26 Å². The van der Waals surface area contributed by atoms with Crippen LogP contribution in [0.15, 0.2) is 59.1 Å². The van der Waals surface area contributed by atoms with E-state index in [1.54, 1.807) is 6.92 Å². The highest BCUT2D eigenvalue weighted by molar-refractivity contribution is 5.98. The molecule has 6 nitrogen and oxygen atoms in total. The number of rotatable bonds is 6. The van der Waals surface area contributed by atoms with Gasteiger partial charge in [0.25, 0.3) is 5.91 Å². The minimum atomic E-state index is -0.640. The Labute approximate surface area is 157 Å². The molecule has 27 heavy (non-hydrogen) atoms. The molecule has 3 rings (SSSR count). The molecule has 0 fully saturated rings. The fourth-order valence-corrected chi connectivity index (χ4v) is 2.66. The maximum Gasteiger partial charge on any atom is 0.344 e. The Morgan fingerprint density at radius 3 is 2.48 bits per heavy atom. The fraction of sp³-hybridized carbons (Fsp3) is 0.190. The molecule has 0 unspecified atom stereocenters. The summed E-state index contributed by atoms with van der Waals surface area (Å²) in [6, 6.07) is 17.0. The highest BCUT2D eigenvalue weighted by Crippen LogP contribution is 2.25.